The molecule has 1 fully saturated rings. The van der Waals surface area contributed by atoms with Crippen molar-refractivity contribution in [3.05, 3.63) is 22.7 Å². The van der Waals surface area contributed by atoms with E-state index in [1.54, 1.807) is 13.2 Å². The van der Waals surface area contributed by atoms with Crippen LogP contribution in [-0.4, -0.2) is 19.5 Å². The van der Waals surface area contributed by atoms with Crippen LogP contribution in [-0.2, 0) is 4.79 Å². The van der Waals surface area contributed by atoms with Gasteiger partial charge >= 0.3 is 0 Å². The highest BCUT2D eigenvalue weighted by molar-refractivity contribution is 9.10. The molecular formula is C12H13BrO3. The lowest BCUT2D eigenvalue weighted by atomic mass is 10.3. The van der Waals surface area contributed by atoms with Crippen molar-refractivity contribution in [2.24, 2.45) is 5.92 Å². The summed E-state index contributed by atoms with van der Waals surface area (Å²) in [4.78, 5) is 11.4. The van der Waals surface area contributed by atoms with Gasteiger partial charge in [-0.3, -0.25) is 4.79 Å². The predicted molar refractivity (Wildman–Crippen MR) is 63.9 cm³/mol. The SMILES string of the molecule is COc1ccc(OCC(=O)C2CC2)c(Br)c1. The first-order chi connectivity index (χ1) is 7.70. The van der Waals surface area contributed by atoms with Crippen molar-refractivity contribution in [2.75, 3.05) is 13.7 Å². The maximum atomic E-state index is 11.4. The number of rotatable bonds is 5. The maximum absolute atomic E-state index is 11.4. The van der Waals surface area contributed by atoms with Crippen LogP contribution >= 0.6 is 15.9 Å². The Balaban J connectivity index is 1.95. The molecule has 1 aromatic rings. The first-order valence-corrected chi connectivity index (χ1v) is 5.99. The molecule has 3 nitrogen and oxygen atoms in total. The average Bonchev–Trinajstić information content (AvgIpc) is 3.10. The maximum Gasteiger partial charge on any atom is 0.173 e. The van der Waals surface area contributed by atoms with Gasteiger partial charge in [0.2, 0.25) is 0 Å². The summed E-state index contributed by atoms with van der Waals surface area (Å²) in [6.45, 7) is 0.162. The summed E-state index contributed by atoms with van der Waals surface area (Å²) in [5.74, 6) is 1.88. The van der Waals surface area contributed by atoms with Crippen LogP contribution in [0, 0.1) is 5.92 Å². The third-order valence-electron chi connectivity index (χ3n) is 2.54. The lowest BCUT2D eigenvalue weighted by Gasteiger charge is -2.08. The minimum absolute atomic E-state index is 0.162. The molecule has 0 aromatic heterocycles. The van der Waals surface area contributed by atoms with Crippen LogP contribution in [0.3, 0.4) is 0 Å². The minimum Gasteiger partial charge on any atom is -0.497 e. The zero-order valence-electron chi connectivity index (χ0n) is 9.03. The third kappa shape index (κ3) is 2.76. The van der Waals surface area contributed by atoms with Crippen molar-refractivity contribution in [2.45, 2.75) is 12.8 Å². The Morgan fingerprint density at radius 3 is 2.81 bits per heavy atom. The van der Waals surface area contributed by atoms with Crippen LogP contribution in [0.25, 0.3) is 0 Å². The standard InChI is InChI=1S/C12H13BrO3/c1-15-9-4-5-12(10(13)6-9)16-7-11(14)8-2-3-8/h4-6,8H,2-3,7H2,1H3. The van der Waals surface area contributed by atoms with Crippen molar-refractivity contribution in [3.63, 3.8) is 0 Å². The smallest absolute Gasteiger partial charge is 0.173 e. The molecule has 0 amide bonds. The van der Waals surface area contributed by atoms with Crippen LogP contribution < -0.4 is 9.47 Å². The van der Waals surface area contributed by atoms with Gasteiger partial charge in [-0.1, -0.05) is 0 Å². The van der Waals surface area contributed by atoms with E-state index in [1.165, 1.54) is 0 Å². The fraction of sp³-hybridized carbons (Fsp3) is 0.417. The Morgan fingerprint density at radius 2 is 2.25 bits per heavy atom. The second-order valence-electron chi connectivity index (χ2n) is 3.83. The molecule has 86 valence electrons. The van der Waals surface area contributed by atoms with E-state index in [0.29, 0.717) is 5.75 Å². The normalized spacial score (nSPS) is 14.6. The van der Waals surface area contributed by atoms with E-state index in [2.05, 4.69) is 15.9 Å². The molecule has 16 heavy (non-hydrogen) atoms. The van der Waals surface area contributed by atoms with Crippen molar-refractivity contribution in [1.82, 2.24) is 0 Å². The topological polar surface area (TPSA) is 35.5 Å². The van der Waals surface area contributed by atoms with Crippen LogP contribution in [0.4, 0.5) is 0 Å². The number of Topliss-reactive ketones (excluding diaryl/α,β-unsaturated/α-hetero) is 1. The molecule has 1 aromatic carbocycles. The number of carbonyl (C=O) groups excluding carboxylic acids is 1. The molecule has 0 unspecified atom stereocenters. The largest absolute Gasteiger partial charge is 0.497 e. The van der Waals surface area contributed by atoms with Gasteiger partial charge in [0, 0.05) is 5.92 Å². The Bertz CT molecular complexity index is 399. The van der Waals surface area contributed by atoms with E-state index >= 15 is 0 Å². The number of carbonyl (C=O) groups is 1. The number of ether oxygens (including phenoxy) is 2. The molecule has 2 rings (SSSR count). The van der Waals surface area contributed by atoms with Gasteiger partial charge in [-0.05, 0) is 47.0 Å². The van der Waals surface area contributed by atoms with E-state index in [1.807, 2.05) is 12.1 Å². The molecule has 0 atom stereocenters. The molecule has 1 saturated carbocycles. The molecule has 0 aliphatic heterocycles. The first kappa shape index (κ1) is 11.5. The monoisotopic (exact) mass is 284 g/mol. The van der Waals surface area contributed by atoms with Gasteiger partial charge in [0.25, 0.3) is 0 Å². The fourth-order valence-corrected chi connectivity index (χ4v) is 1.87. The van der Waals surface area contributed by atoms with Crippen molar-refractivity contribution < 1.29 is 14.3 Å². The lowest BCUT2D eigenvalue weighted by Crippen LogP contribution is -2.12. The Kier molecular flexibility index (Phi) is 3.49. The summed E-state index contributed by atoms with van der Waals surface area (Å²) in [5, 5.41) is 0. The number of ketones is 1. The molecule has 0 bridgehead atoms. The van der Waals surface area contributed by atoms with Gasteiger partial charge in [0.1, 0.15) is 18.1 Å². The molecule has 1 aliphatic rings. The summed E-state index contributed by atoms with van der Waals surface area (Å²) in [6.07, 6.45) is 2.04. The number of benzene rings is 1. The van der Waals surface area contributed by atoms with Gasteiger partial charge < -0.3 is 9.47 Å². The second kappa shape index (κ2) is 4.87. The Labute approximate surface area is 103 Å². The average molecular weight is 285 g/mol. The fourth-order valence-electron chi connectivity index (χ4n) is 1.40. The van der Waals surface area contributed by atoms with Crippen molar-refractivity contribution in [1.29, 1.82) is 0 Å². The van der Waals surface area contributed by atoms with Crippen LogP contribution in [0.15, 0.2) is 22.7 Å². The van der Waals surface area contributed by atoms with Crippen LogP contribution in [0.2, 0.25) is 0 Å². The third-order valence-corrected chi connectivity index (χ3v) is 3.16. The highest BCUT2D eigenvalue weighted by Crippen LogP contribution is 2.32. The molecule has 0 spiro atoms. The predicted octanol–water partition coefficient (Wildman–Crippen LogP) is 2.82. The molecule has 1 aliphatic carbocycles. The quantitative estimate of drug-likeness (QED) is 0.834. The Morgan fingerprint density at radius 1 is 1.50 bits per heavy atom. The van der Waals surface area contributed by atoms with Gasteiger partial charge in [-0.15, -0.1) is 0 Å². The molecule has 0 saturated heterocycles. The number of hydrogen-bond acceptors (Lipinski definition) is 3. The summed E-state index contributed by atoms with van der Waals surface area (Å²) in [6, 6.07) is 5.42. The highest BCUT2D eigenvalue weighted by Gasteiger charge is 2.29. The lowest BCUT2D eigenvalue weighted by molar-refractivity contribution is -0.122. The minimum atomic E-state index is 0.162. The van der Waals surface area contributed by atoms with Gasteiger partial charge in [-0.2, -0.15) is 0 Å². The molecular weight excluding hydrogens is 272 g/mol. The van der Waals surface area contributed by atoms with E-state index in [-0.39, 0.29) is 18.3 Å². The number of hydrogen-bond donors (Lipinski definition) is 0. The summed E-state index contributed by atoms with van der Waals surface area (Å²) in [5.41, 5.74) is 0. The molecule has 0 heterocycles. The number of methoxy groups -OCH3 is 1. The second-order valence-corrected chi connectivity index (χ2v) is 4.68. The van der Waals surface area contributed by atoms with E-state index in [9.17, 15) is 4.79 Å². The first-order valence-electron chi connectivity index (χ1n) is 5.20. The molecule has 4 heteroatoms. The van der Waals surface area contributed by atoms with E-state index in [0.717, 1.165) is 23.1 Å². The van der Waals surface area contributed by atoms with Gasteiger partial charge in [-0.25, -0.2) is 0 Å². The summed E-state index contributed by atoms with van der Waals surface area (Å²) in [7, 11) is 1.61. The molecule has 0 N–H and O–H groups in total. The zero-order chi connectivity index (χ0) is 11.5. The Hall–Kier alpha value is -1.03. The summed E-state index contributed by atoms with van der Waals surface area (Å²) < 4.78 is 11.3. The highest BCUT2D eigenvalue weighted by atomic mass is 79.9. The van der Waals surface area contributed by atoms with Gasteiger partial charge in [0.05, 0.1) is 11.6 Å². The van der Waals surface area contributed by atoms with Crippen molar-refractivity contribution in [3.8, 4) is 11.5 Å². The van der Waals surface area contributed by atoms with Crippen LogP contribution in [0.1, 0.15) is 12.8 Å². The summed E-state index contributed by atoms with van der Waals surface area (Å²) >= 11 is 3.37. The zero-order valence-corrected chi connectivity index (χ0v) is 10.6. The van der Waals surface area contributed by atoms with Crippen molar-refractivity contribution >= 4 is 21.7 Å². The van der Waals surface area contributed by atoms with Gasteiger partial charge in [0.15, 0.2) is 5.78 Å². The van der Waals surface area contributed by atoms with Crippen LogP contribution in [0.5, 0.6) is 11.5 Å². The van der Waals surface area contributed by atoms with E-state index < -0.39 is 0 Å². The number of halogens is 1. The van der Waals surface area contributed by atoms with E-state index in [4.69, 9.17) is 9.47 Å². The molecule has 0 radical (unpaired) electrons.